The lowest BCUT2D eigenvalue weighted by molar-refractivity contribution is 0.405. The third-order valence-corrected chi connectivity index (χ3v) is 4.42. The molecule has 2 aliphatic carbocycles. The van der Waals surface area contributed by atoms with Gasteiger partial charge in [0, 0.05) is 6.04 Å². The van der Waals surface area contributed by atoms with Crippen LogP contribution in [0.25, 0.3) is 0 Å². The molecule has 3 unspecified atom stereocenters. The van der Waals surface area contributed by atoms with E-state index in [1.165, 1.54) is 24.8 Å². The third kappa shape index (κ3) is 1.32. The van der Waals surface area contributed by atoms with Crippen molar-refractivity contribution in [3.63, 3.8) is 0 Å². The molecule has 3 atom stereocenters. The van der Waals surface area contributed by atoms with Crippen molar-refractivity contribution in [1.82, 2.24) is 0 Å². The molecule has 2 fully saturated rings. The molecule has 1 aromatic rings. The maximum atomic E-state index is 6.23. The summed E-state index contributed by atoms with van der Waals surface area (Å²) in [5, 5.41) is 4.33. The zero-order valence-corrected chi connectivity index (χ0v) is 8.46. The second-order valence-corrected chi connectivity index (χ2v) is 5.35. The summed E-state index contributed by atoms with van der Waals surface area (Å²) < 4.78 is 0. The largest absolute Gasteiger partial charge is 0.324 e. The SMILES string of the molecule is NC(c1ccsc1)C1CC2CC2C1. The first-order valence-electron chi connectivity index (χ1n) is 5.12. The number of hydrogen-bond acceptors (Lipinski definition) is 2. The molecule has 0 saturated heterocycles. The zero-order chi connectivity index (χ0) is 8.84. The van der Waals surface area contributed by atoms with E-state index in [4.69, 9.17) is 5.73 Å². The van der Waals surface area contributed by atoms with Crippen LogP contribution >= 0.6 is 11.3 Å². The molecule has 3 rings (SSSR count). The minimum atomic E-state index is 0.319. The molecule has 0 radical (unpaired) electrons. The normalized spacial score (nSPS) is 38.7. The second kappa shape index (κ2) is 2.82. The minimum absolute atomic E-state index is 0.319. The van der Waals surface area contributed by atoms with Gasteiger partial charge in [-0.3, -0.25) is 0 Å². The summed E-state index contributed by atoms with van der Waals surface area (Å²) in [6, 6.07) is 2.50. The number of nitrogens with two attached hydrogens (primary N) is 1. The Hall–Kier alpha value is -0.340. The summed E-state index contributed by atoms with van der Waals surface area (Å²) in [6.07, 6.45) is 4.27. The Balaban J connectivity index is 1.72. The van der Waals surface area contributed by atoms with Crippen molar-refractivity contribution in [2.45, 2.75) is 25.3 Å². The maximum absolute atomic E-state index is 6.23. The van der Waals surface area contributed by atoms with Crippen molar-refractivity contribution in [2.24, 2.45) is 23.5 Å². The zero-order valence-electron chi connectivity index (χ0n) is 7.65. The molecule has 1 nitrogen and oxygen atoms in total. The van der Waals surface area contributed by atoms with Gasteiger partial charge in [-0.05, 0) is 59.4 Å². The summed E-state index contributed by atoms with van der Waals surface area (Å²) in [5.74, 6) is 2.88. The fourth-order valence-corrected chi connectivity index (χ4v) is 3.50. The lowest BCUT2D eigenvalue weighted by Gasteiger charge is -2.19. The fourth-order valence-electron chi connectivity index (χ4n) is 2.79. The Bertz CT molecular complexity index is 283. The molecule has 13 heavy (non-hydrogen) atoms. The summed E-state index contributed by atoms with van der Waals surface area (Å²) in [4.78, 5) is 0. The highest BCUT2D eigenvalue weighted by Gasteiger charge is 2.47. The van der Waals surface area contributed by atoms with E-state index in [1.54, 1.807) is 11.3 Å². The van der Waals surface area contributed by atoms with Gasteiger partial charge in [-0.15, -0.1) is 0 Å². The van der Waals surface area contributed by atoms with E-state index in [9.17, 15) is 0 Å². The van der Waals surface area contributed by atoms with E-state index in [-0.39, 0.29) is 0 Å². The number of rotatable bonds is 2. The summed E-state index contributed by atoms with van der Waals surface area (Å²) >= 11 is 1.76. The summed E-state index contributed by atoms with van der Waals surface area (Å²) in [7, 11) is 0. The molecule has 1 aromatic heterocycles. The summed E-state index contributed by atoms with van der Waals surface area (Å²) in [6.45, 7) is 0. The Morgan fingerprint density at radius 3 is 2.69 bits per heavy atom. The monoisotopic (exact) mass is 193 g/mol. The topological polar surface area (TPSA) is 26.0 Å². The van der Waals surface area contributed by atoms with E-state index in [0.717, 1.165) is 17.8 Å². The van der Waals surface area contributed by atoms with Gasteiger partial charge in [0.25, 0.3) is 0 Å². The van der Waals surface area contributed by atoms with E-state index in [2.05, 4.69) is 16.8 Å². The van der Waals surface area contributed by atoms with E-state index in [0.29, 0.717) is 6.04 Å². The minimum Gasteiger partial charge on any atom is -0.324 e. The van der Waals surface area contributed by atoms with Gasteiger partial charge in [0.05, 0.1) is 0 Å². The van der Waals surface area contributed by atoms with E-state index < -0.39 is 0 Å². The standard InChI is InChI=1S/C11H15NS/c12-11(7-1-2-13-6-7)10-4-8-3-9(8)5-10/h1-2,6,8-11H,3-5,12H2. The molecule has 2 heteroatoms. The lowest BCUT2D eigenvalue weighted by atomic mass is 9.91. The highest BCUT2D eigenvalue weighted by Crippen LogP contribution is 2.56. The highest BCUT2D eigenvalue weighted by molar-refractivity contribution is 7.07. The van der Waals surface area contributed by atoms with Gasteiger partial charge in [0.2, 0.25) is 0 Å². The number of fused-ring (bicyclic) bond motifs is 1. The third-order valence-electron chi connectivity index (χ3n) is 3.72. The predicted molar refractivity (Wildman–Crippen MR) is 55.6 cm³/mol. The van der Waals surface area contributed by atoms with Gasteiger partial charge in [-0.2, -0.15) is 11.3 Å². The highest BCUT2D eigenvalue weighted by atomic mass is 32.1. The van der Waals surface area contributed by atoms with E-state index in [1.807, 2.05) is 0 Å². The molecule has 0 spiro atoms. The van der Waals surface area contributed by atoms with Crippen molar-refractivity contribution in [2.75, 3.05) is 0 Å². The molecule has 0 bridgehead atoms. The Labute approximate surface area is 83.0 Å². The molecule has 2 saturated carbocycles. The van der Waals surface area contributed by atoms with Crippen LogP contribution in [0.1, 0.15) is 30.9 Å². The van der Waals surface area contributed by atoms with Gasteiger partial charge in [-0.1, -0.05) is 0 Å². The van der Waals surface area contributed by atoms with Gasteiger partial charge >= 0.3 is 0 Å². The van der Waals surface area contributed by atoms with Crippen LogP contribution in [-0.2, 0) is 0 Å². The molecular weight excluding hydrogens is 178 g/mol. The van der Waals surface area contributed by atoms with Crippen LogP contribution in [0.15, 0.2) is 16.8 Å². The van der Waals surface area contributed by atoms with Crippen molar-refractivity contribution in [3.8, 4) is 0 Å². The predicted octanol–water partition coefficient (Wildman–Crippen LogP) is 2.79. The fraction of sp³-hybridized carbons (Fsp3) is 0.636. The maximum Gasteiger partial charge on any atom is 0.0332 e. The molecule has 0 aromatic carbocycles. The van der Waals surface area contributed by atoms with Crippen LogP contribution in [-0.4, -0.2) is 0 Å². The summed E-state index contributed by atoms with van der Waals surface area (Å²) in [5.41, 5.74) is 7.59. The lowest BCUT2D eigenvalue weighted by Crippen LogP contribution is -2.19. The van der Waals surface area contributed by atoms with Gasteiger partial charge in [-0.25, -0.2) is 0 Å². The second-order valence-electron chi connectivity index (χ2n) is 4.57. The number of thiophene rings is 1. The molecule has 1 heterocycles. The average Bonchev–Trinajstić information content (AvgIpc) is 2.63. The quantitative estimate of drug-likeness (QED) is 0.768. The molecular formula is C11H15NS. The van der Waals surface area contributed by atoms with Crippen LogP contribution in [0.5, 0.6) is 0 Å². The van der Waals surface area contributed by atoms with Crippen LogP contribution in [0, 0.1) is 17.8 Å². The van der Waals surface area contributed by atoms with Crippen molar-refractivity contribution < 1.29 is 0 Å². The van der Waals surface area contributed by atoms with E-state index >= 15 is 0 Å². The molecule has 0 aliphatic heterocycles. The van der Waals surface area contributed by atoms with Crippen LogP contribution in [0.4, 0.5) is 0 Å². The molecule has 2 N–H and O–H groups in total. The smallest absolute Gasteiger partial charge is 0.0332 e. The first kappa shape index (κ1) is 8.01. The first-order chi connectivity index (χ1) is 6.34. The Kier molecular flexibility index (Phi) is 1.74. The molecule has 0 amide bonds. The van der Waals surface area contributed by atoms with Gasteiger partial charge in [0.1, 0.15) is 0 Å². The van der Waals surface area contributed by atoms with Crippen molar-refractivity contribution in [1.29, 1.82) is 0 Å². The Morgan fingerprint density at radius 1 is 1.31 bits per heavy atom. The molecule has 70 valence electrons. The first-order valence-corrected chi connectivity index (χ1v) is 6.06. The number of hydrogen-bond donors (Lipinski definition) is 1. The van der Waals surface area contributed by atoms with Gasteiger partial charge < -0.3 is 5.73 Å². The average molecular weight is 193 g/mol. The van der Waals surface area contributed by atoms with Crippen molar-refractivity contribution >= 4 is 11.3 Å². The molecule has 2 aliphatic rings. The Morgan fingerprint density at radius 2 is 2.08 bits per heavy atom. The van der Waals surface area contributed by atoms with Crippen LogP contribution in [0.2, 0.25) is 0 Å². The van der Waals surface area contributed by atoms with Gasteiger partial charge in [0.15, 0.2) is 0 Å². The van der Waals surface area contributed by atoms with Crippen LogP contribution in [0.3, 0.4) is 0 Å². The van der Waals surface area contributed by atoms with Crippen molar-refractivity contribution in [3.05, 3.63) is 22.4 Å². The van der Waals surface area contributed by atoms with Crippen LogP contribution < -0.4 is 5.73 Å².